The zero-order valence-corrected chi connectivity index (χ0v) is 11.2. The molecule has 17 heavy (non-hydrogen) atoms. The summed E-state index contributed by atoms with van der Waals surface area (Å²) in [7, 11) is 0. The van der Waals surface area contributed by atoms with Crippen LogP contribution in [0.2, 0.25) is 0 Å². The van der Waals surface area contributed by atoms with Gasteiger partial charge in [0.1, 0.15) is 5.78 Å². The quantitative estimate of drug-likeness (QED) is 0.797. The molecule has 0 saturated carbocycles. The average molecular weight is 231 g/mol. The molecule has 0 bridgehead atoms. The van der Waals surface area contributed by atoms with Crippen molar-refractivity contribution < 1.29 is 4.79 Å². The summed E-state index contributed by atoms with van der Waals surface area (Å²) in [4.78, 5) is 13.6. The fraction of sp³-hybridized carbons (Fsp3) is 0.533. The monoisotopic (exact) mass is 231 g/mol. The molecule has 0 aromatic heterocycles. The van der Waals surface area contributed by atoms with Gasteiger partial charge in [0.15, 0.2) is 0 Å². The first-order valence-electron chi connectivity index (χ1n) is 6.38. The van der Waals surface area contributed by atoms with E-state index in [1.165, 1.54) is 11.3 Å². The summed E-state index contributed by atoms with van der Waals surface area (Å²) < 4.78 is 0. The van der Waals surface area contributed by atoms with Crippen molar-refractivity contribution in [1.29, 1.82) is 0 Å². The van der Waals surface area contributed by atoms with Crippen molar-refractivity contribution in [3.8, 4) is 0 Å². The van der Waals surface area contributed by atoms with E-state index in [1.807, 2.05) is 0 Å². The molecule has 1 atom stereocenters. The average Bonchev–Trinajstić information content (AvgIpc) is 2.51. The van der Waals surface area contributed by atoms with Crippen molar-refractivity contribution in [2.45, 2.75) is 52.6 Å². The number of anilines is 1. The Labute approximate surface area is 104 Å². The fourth-order valence-corrected chi connectivity index (χ4v) is 2.89. The van der Waals surface area contributed by atoms with Gasteiger partial charge < -0.3 is 4.90 Å². The molecule has 0 N–H and O–H groups in total. The maximum Gasteiger partial charge on any atom is 0.134 e. The summed E-state index contributed by atoms with van der Waals surface area (Å²) in [5.41, 5.74) is 3.89. The van der Waals surface area contributed by atoms with Crippen molar-refractivity contribution in [2.24, 2.45) is 0 Å². The van der Waals surface area contributed by atoms with Crippen LogP contribution in [0.3, 0.4) is 0 Å². The molecule has 2 nitrogen and oxygen atoms in total. The minimum atomic E-state index is 0.233. The number of hydrogen-bond acceptors (Lipinski definition) is 2. The van der Waals surface area contributed by atoms with E-state index in [-0.39, 0.29) is 5.78 Å². The Morgan fingerprint density at radius 2 is 2.18 bits per heavy atom. The molecule has 0 aliphatic carbocycles. The van der Waals surface area contributed by atoms with Gasteiger partial charge in [-0.2, -0.15) is 0 Å². The highest BCUT2D eigenvalue weighted by Crippen LogP contribution is 2.34. The number of nitrogens with zero attached hydrogens (tertiary/aromatic N) is 1. The van der Waals surface area contributed by atoms with Gasteiger partial charge in [0.2, 0.25) is 0 Å². The maximum absolute atomic E-state index is 11.1. The SMILES string of the molecule is CC(=O)Cc1ccc2c(c1)CC(C)N2C(C)C. The lowest BCUT2D eigenvalue weighted by Crippen LogP contribution is -2.35. The van der Waals surface area contributed by atoms with Crippen molar-refractivity contribution in [1.82, 2.24) is 0 Å². The van der Waals surface area contributed by atoms with E-state index in [0.29, 0.717) is 18.5 Å². The Kier molecular flexibility index (Phi) is 3.23. The van der Waals surface area contributed by atoms with Gasteiger partial charge in [-0.05, 0) is 51.3 Å². The van der Waals surface area contributed by atoms with Gasteiger partial charge in [-0.25, -0.2) is 0 Å². The van der Waals surface area contributed by atoms with E-state index in [9.17, 15) is 4.79 Å². The van der Waals surface area contributed by atoms with Crippen LogP contribution in [0.4, 0.5) is 5.69 Å². The number of carbonyl (C=O) groups excluding carboxylic acids is 1. The van der Waals surface area contributed by atoms with Crippen molar-refractivity contribution in [2.75, 3.05) is 4.90 Å². The molecular formula is C15H21NO. The third-order valence-electron chi connectivity index (χ3n) is 3.42. The Balaban J connectivity index is 2.31. The first-order chi connectivity index (χ1) is 7.99. The molecule has 2 heteroatoms. The number of hydrogen-bond donors (Lipinski definition) is 0. The predicted molar refractivity (Wildman–Crippen MR) is 71.6 cm³/mol. The summed E-state index contributed by atoms with van der Waals surface area (Å²) in [5, 5.41) is 0. The third-order valence-corrected chi connectivity index (χ3v) is 3.42. The van der Waals surface area contributed by atoms with Gasteiger partial charge in [-0.15, -0.1) is 0 Å². The smallest absolute Gasteiger partial charge is 0.134 e. The van der Waals surface area contributed by atoms with Crippen LogP contribution in [0.15, 0.2) is 18.2 Å². The molecule has 0 fully saturated rings. The number of carbonyl (C=O) groups is 1. The van der Waals surface area contributed by atoms with E-state index in [2.05, 4.69) is 43.9 Å². The molecule has 0 spiro atoms. The van der Waals surface area contributed by atoms with Crippen LogP contribution >= 0.6 is 0 Å². The molecule has 1 aromatic rings. The third kappa shape index (κ3) is 2.36. The van der Waals surface area contributed by atoms with E-state index in [0.717, 1.165) is 12.0 Å². The number of fused-ring (bicyclic) bond motifs is 1. The van der Waals surface area contributed by atoms with Crippen LogP contribution in [0.1, 0.15) is 38.8 Å². The standard InChI is InChI=1S/C15H21NO/c1-10(2)16-11(3)7-14-9-13(8-12(4)17)5-6-15(14)16/h5-6,9-11H,7-8H2,1-4H3. The molecule has 1 heterocycles. The molecular weight excluding hydrogens is 210 g/mol. The van der Waals surface area contributed by atoms with Crippen LogP contribution in [0.5, 0.6) is 0 Å². The summed E-state index contributed by atoms with van der Waals surface area (Å²) in [5.74, 6) is 0.233. The minimum absolute atomic E-state index is 0.233. The lowest BCUT2D eigenvalue weighted by molar-refractivity contribution is -0.116. The van der Waals surface area contributed by atoms with E-state index < -0.39 is 0 Å². The fourth-order valence-electron chi connectivity index (χ4n) is 2.89. The molecule has 2 rings (SSSR count). The van der Waals surface area contributed by atoms with Crippen LogP contribution in [0, 0.1) is 0 Å². The van der Waals surface area contributed by atoms with Crippen molar-refractivity contribution >= 4 is 11.5 Å². The number of benzene rings is 1. The van der Waals surface area contributed by atoms with Crippen LogP contribution < -0.4 is 4.90 Å². The Hall–Kier alpha value is -1.31. The van der Waals surface area contributed by atoms with Gasteiger partial charge in [-0.1, -0.05) is 12.1 Å². The normalized spacial score (nSPS) is 18.6. The zero-order chi connectivity index (χ0) is 12.6. The summed E-state index contributed by atoms with van der Waals surface area (Å²) in [6, 6.07) is 7.57. The molecule has 1 aromatic carbocycles. The molecule has 0 saturated heterocycles. The first kappa shape index (κ1) is 12.2. The summed E-state index contributed by atoms with van der Waals surface area (Å²) in [6.07, 6.45) is 1.66. The molecule has 92 valence electrons. The molecule has 0 amide bonds. The van der Waals surface area contributed by atoms with Gasteiger partial charge in [0.05, 0.1) is 0 Å². The zero-order valence-electron chi connectivity index (χ0n) is 11.2. The van der Waals surface area contributed by atoms with Gasteiger partial charge >= 0.3 is 0 Å². The molecule has 0 radical (unpaired) electrons. The van der Waals surface area contributed by atoms with Gasteiger partial charge in [0.25, 0.3) is 0 Å². The summed E-state index contributed by atoms with van der Waals surface area (Å²) in [6.45, 7) is 8.38. The Morgan fingerprint density at radius 1 is 1.47 bits per heavy atom. The van der Waals surface area contributed by atoms with E-state index in [4.69, 9.17) is 0 Å². The first-order valence-corrected chi connectivity index (χ1v) is 6.38. The van der Waals surface area contributed by atoms with Crippen LogP contribution in [0.25, 0.3) is 0 Å². The van der Waals surface area contributed by atoms with Crippen molar-refractivity contribution in [3.05, 3.63) is 29.3 Å². The molecule has 1 unspecified atom stereocenters. The van der Waals surface area contributed by atoms with Crippen molar-refractivity contribution in [3.63, 3.8) is 0 Å². The lowest BCUT2D eigenvalue weighted by Gasteiger charge is -2.29. The minimum Gasteiger partial charge on any atom is -0.366 e. The molecule has 1 aliphatic heterocycles. The topological polar surface area (TPSA) is 20.3 Å². The highest BCUT2D eigenvalue weighted by Gasteiger charge is 2.27. The Bertz CT molecular complexity index is 437. The van der Waals surface area contributed by atoms with E-state index >= 15 is 0 Å². The summed E-state index contributed by atoms with van der Waals surface area (Å²) >= 11 is 0. The van der Waals surface area contributed by atoms with Gasteiger partial charge in [0, 0.05) is 24.2 Å². The number of ketones is 1. The molecule has 1 aliphatic rings. The highest BCUT2D eigenvalue weighted by atomic mass is 16.1. The second-order valence-electron chi connectivity index (χ2n) is 5.40. The highest BCUT2D eigenvalue weighted by molar-refractivity contribution is 5.78. The Morgan fingerprint density at radius 3 is 2.76 bits per heavy atom. The van der Waals surface area contributed by atoms with Gasteiger partial charge in [-0.3, -0.25) is 4.79 Å². The lowest BCUT2D eigenvalue weighted by atomic mass is 10.0. The van der Waals surface area contributed by atoms with Crippen LogP contribution in [-0.2, 0) is 17.6 Å². The van der Waals surface area contributed by atoms with E-state index in [1.54, 1.807) is 6.92 Å². The maximum atomic E-state index is 11.1. The largest absolute Gasteiger partial charge is 0.366 e. The van der Waals surface area contributed by atoms with Crippen LogP contribution in [-0.4, -0.2) is 17.9 Å². The second-order valence-corrected chi connectivity index (χ2v) is 5.40. The number of Topliss-reactive ketones (excluding diaryl/α,β-unsaturated/α-hetero) is 1. The second kappa shape index (κ2) is 4.52. The number of rotatable bonds is 3. The predicted octanol–water partition coefficient (Wildman–Crippen LogP) is 2.98.